The molecule has 4 aromatic heterocycles. The Balaban J connectivity index is 0.991. The Bertz CT molecular complexity index is 3470. The van der Waals surface area contributed by atoms with Crippen molar-refractivity contribution >= 4 is 65.7 Å². The summed E-state index contributed by atoms with van der Waals surface area (Å²) in [6, 6.07) is 62.7. The molecule has 12 rings (SSSR count). The van der Waals surface area contributed by atoms with Crippen molar-refractivity contribution in [3.8, 4) is 51.0 Å². The fourth-order valence-corrected chi connectivity index (χ4v) is 8.35. The number of aromatic nitrogens is 4. The monoisotopic (exact) mass is 730 g/mol. The zero-order valence-electron chi connectivity index (χ0n) is 30.4. The molecule has 0 aliphatic carbocycles. The van der Waals surface area contributed by atoms with Crippen LogP contribution in [-0.4, -0.2) is 19.5 Å². The summed E-state index contributed by atoms with van der Waals surface area (Å²) in [5.41, 5.74) is 11.2. The van der Waals surface area contributed by atoms with Crippen molar-refractivity contribution in [3.63, 3.8) is 0 Å². The number of fused-ring (bicyclic) bond motifs is 10. The molecule has 0 unspecified atom stereocenters. The topological polar surface area (TPSA) is 69.9 Å². The van der Waals surface area contributed by atoms with Crippen LogP contribution in [0.25, 0.3) is 117 Å². The lowest BCUT2D eigenvalue weighted by atomic mass is 10.0. The van der Waals surface area contributed by atoms with Crippen LogP contribution < -0.4 is 0 Å². The molecular formula is C51H30N4O2. The molecule has 0 atom stereocenters. The minimum atomic E-state index is 0.567. The van der Waals surface area contributed by atoms with Crippen molar-refractivity contribution in [2.45, 2.75) is 0 Å². The van der Waals surface area contributed by atoms with Crippen molar-refractivity contribution < 1.29 is 8.83 Å². The van der Waals surface area contributed by atoms with E-state index in [1.165, 1.54) is 10.8 Å². The molecule has 0 spiro atoms. The van der Waals surface area contributed by atoms with Crippen molar-refractivity contribution in [1.82, 2.24) is 19.5 Å². The molecule has 0 saturated heterocycles. The van der Waals surface area contributed by atoms with Crippen LogP contribution in [0.1, 0.15) is 0 Å². The smallest absolute Gasteiger partial charge is 0.178 e. The van der Waals surface area contributed by atoms with Crippen LogP contribution >= 0.6 is 0 Å². The fourth-order valence-electron chi connectivity index (χ4n) is 8.35. The van der Waals surface area contributed by atoms with Crippen molar-refractivity contribution in [3.05, 3.63) is 182 Å². The second-order valence-electron chi connectivity index (χ2n) is 14.4. The molecule has 0 saturated carbocycles. The van der Waals surface area contributed by atoms with Gasteiger partial charge in [-0.25, -0.2) is 15.0 Å². The molecule has 266 valence electrons. The van der Waals surface area contributed by atoms with E-state index in [0.717, 1.165) is 82.8 Å². The third-order valence-electron chi connectivity index (χ3n) is 11.1. The first-order valence-corrected chi connectivity index (χ1v) is 19.0. The molecule has 0 amide bonds. The van der Waals surface area contributed by atoms with E-state index in [1.54, 1.807) is 0 Å². The van der Waals surface area contributed by atoms with Gasteiger partial charge in [-0.2, -0.15) is 0 Å². The van der Waals surface area contributed by atoms with Gasteiger partial charge in [-0.05, 0) is 65.7 Å². The Labute approximate surface area is 325 Å². The molecule has 0 aliphatic heterocycles. The number of rotatable bonds is 5. The first-order valence-electron chi connectivity index (χ1n) is 19.0. The average molecular weight is 731 g/mol. The third-order valence-corrected chi connectivity index (χ3v) is 11.1. The Kier molecular flexibility index (Phi) is 6.83. The minimum Gasteiger partial charge on any atom is -0.452 e. The average Bonchev–Trinajstić information content (AvgIpc) is 3.96. The SMILES string of the molecule is c1ccc(-c2cccc(-c3nc(-c4ccccc4)nc(-c4ccc5c(c4)oc4c5ccc5c6ccc(-n7c8ccccc8c8ccccc87)cc6oc54)n3)c2)cc1. The fraction of sp³-hybridized carbons (Fsp3) is 0. The molecule has 0 N–H and O–H groups in total. The normalized spacial score (nSPS) is 11.9. The standard InChI is InChI=1S/C51H30N4O2/c1-3-12-31(13-4-1)33-16-11-17-34(28-33)50-52-49(32-14-5-2-6-15-32)53-51(54-50)35-22-24-39-41-26-27-42-40-25-23-36(30-46(40)57-48(42)47(41)56-45(39)29-35)55-43-20-9-7-18-37(43)38-19-8-10-21-44(38)55/h1-30H. The van der Waals surface area contributed by atoms with Crippen LogP contribution in [0.2, 0.25) is 0 Å². The molecule has 6 heteroatoms. The van der Waals surface area contributed by atoms with Gasteiger partial charge >= 0.3 is 0 Å². The molecule has 0 radical (unpaired) electrons. The van der Waals surface area contributed by atoms with E-state index in [2.05, 4.69) is 120 Å². The summed E-state index contributed by atoms with van der Waals surface area (Å²) in [5.74, 6) is 1.78. The van der Waals surface area contributed by atoms with Crippen LogP contribution in [0.5, 0.6) is 0 Å². The van der Waals surface area contributed by atoms with Gasteiger partial charge in [0.2, 0.25) is 0 Å². The quantitative estimate of drug-likeness (QED) is 0.176. The summed E-state index contributed by atoms with van der Waals surface area (Å²) in [4.78, 5) is 15.0. The molecule has 12 aromatic rings. The van der Waals surface area contributed by atoms with Crippen LogP contribution in [0.3, 0.4) is 0 Å². The van der Waals surface area contributed by atoms with Gasteiger partial charge in [-0.3, -0.25) is 0 Å². The van der Waals surface area contributed by atoms with E-state index >= 15 is 0 Å². The maximum Gasteiger partial charge on any atom is 0.178 e. The van der Waals surface area contributed by atoms with Gasteiger partial charge in [0.25, 0.3) is 0 Å². The molecule has 57 heavy (non-hydrogen) atoms. The summed E-state index contributed by atoms with van der Waals surface area (Å²) < 4.78 is 15.7. The Morgan fingerprint density at radius 3 is 1.44 bits per heavy atom. The van der Waals surface area contributed by atoms with E-state index in [9.17, 15) is 0 Å². The van der Waals surface area contributed by atoms with Crippen molar-refractivity contribution in [2.75, 3.05) is 0 Å². The van der Waals surface area contributed by atoms with Gasteiger partial charge in [0.15, 0.2) is 28.6 Å². The van der Waals surface area contributed by atoms with Gasteiger partial charge in [0.1, 0.15) is 11.2 Å². The first kappa shape index (κ1) is 31.5. The summed E-state index contributed by atoms with van der Waals surface area (Å²) in [6.45, 7) is 0. The number of para-hydroxylation sites is 2. The molecule has 0 fully saturated rings. The zero-order chi connectivity index (χ0) is 37.5. The number of benzene rings is 8. The van der Waals surface area contributed by atoms with Crippen molar-refractivity contribution in [2.24, 2.45) is 0 Å². The summed E-state index contributed by atoms with van der Waals surface area (Å²) >= 11 is 0. The molecule has 0 aliphatic rings. The lowest BCUT2D eigenvalue weighted by molar-refractivity contribution is 0.633. The predicted octanol–water partition coefficient (Wildman–Crippen LogP) is 13.4. The maximum atomic E-state index is 6.70. The predicted molar refractivity (Wildman–Crippen MR) is 230 cm³/mol. The maximum absolute atomic E-state index is 6.70. The lowest BCUT2D eigenvalue weighted by Crippen LogP contribution is -2.00. The lowest BCUT2D eigenvalue weighted by Gasteiger charge is -2.09. The highest BCUT2D eigenvalue weighted by atomic mass is 16.4. The molecule has 4 heterocycles. The number of hydrogen-bond acceptors (Lipinski definition) is 5. The Morgan fingerprint density at radius 2 is 0.789 bits per heavy atom. The Hall–Kier alpha value is -7.83. The largest absolute Gasteiger partial charge is 0.452 e. The zero-order valence-corrected chi connectivity index (χ0v) is 30.4. The molecule has 0 bridgehead atoms. The third kappa shape index (κ3) is 5.01. The Morgan fingerprint density at radius 1 is 0.316 bits per heavy atom. The van der Waals surface area contributed by atoms with E-state index in [0.29, 0.717) is 23.1 Å². The summed E-state index contributed by atoms with van der Waals surface area (Å²) in [6.07, 6.45) is 0. The van der Waals surface area contributed by atoms with Gasteiger partial charge in [0.05, 0.1) is 11.0 Å². The minimum absolute atomic E-state index is 0.567. The van der Waals surface area contributed by atoms with Gasteiger partial charge in [-0.1, -0.05) is 121 Å². The van der Waals surface area contributed by atoms with Crippen LogP contribution in [-0.2, 0) is 0 Å². The summed E-state index contributed by atoms with van der Waals surface area (Å²) in [5, 5.41) is 6.49. The van der Waals surface area contributed by atoms with Gasteiger partial charge in [0, 0.05) is 60.8 Å². The van der Waals surface area contributed by atoms with Gasteiger partial charge < -0.3 is 13.4 Å². The highest BCUT2D eigenvalue weighted by Gasteiger charge is 2.20. The van der Waals surface area contributed by atoms with E-state index in [4.69, 9.17) is 23.8 Å². The van der Waals surface area contributed by atoms with E-state index in [-0.39, 0.29) is 0 Å². The van der Waals surface area contributed by atoms with E-state index < -0.39 is 0 Å². The molecule has 6 nitrogen and oxygen atoms in total. The molecular weight excluding hydrogens is 701 g/mol. The first-order chi connectivity index (χ1) is 28.2. The number of nitrogens with zero attached hydrogens (tertiary/aromatic N) is 4. The number of furan rings is 2. The van der Waals surface area contributed by atoms with Crippen LogP contribution in [0, 0.1) is 0 Å². The highest BCUT2D eigenvalue weighted by Crippen LogP contribution is 2.41. The number of hydrogen-bond donors (Lipinski definition) is 0. The van der Waals surface area contributed by atoms with E-state index in [1.807, 2.05) is 66.7 Å². The van der Waals surface area contributed by atoms with Crippen LogP contribution in [0.15, 0.2) is 191 Å². The molecule has 8 aromatic carbocycles. The second kappa shape index (κ2) is 12.3. The summed E-state index contributed by atoms with van der Waals surface area (Å²) in [7, 11) is 0. The van der Waals surface area contributed by atoms with Gasteiger partial charge in [-0.15, -0.1) is 0 Å². The highest BCUT2D eigenvalue weighted by molar-refractivity contribution is 6.19. The van der Waals surface area contributed by atoms with Crippen LogP contribution in [0.4, 0.5) is 0 Å². The van der Waals surface area contributed by atoms with Crippen molar-refractivity contribution in [1.29, 1.82) is 0 Å². The second-order valence-corrected chi connectivity index (χ2v) is 14.4.